The predicted molar refractivity (Wildman–Crippen MR) is 130 cm³/mol. The molecule has 1 aliphatic heterocycles. The zero-order valence-electron chi connectivity index (χ0n) is 17.4. The number of aromatic nitrogens is 1. The Kier molecular flexibility index (Phi) is 10.0. The standard InChI is InChI=1S/C22H31N5O.HI/c1-23-22(25-16-18-7-9-20(28-2)10-8-18)26-17-19-11-12-24-21(15-19)27-13-5-3-4-6-14-27;/h7-12,15H,3-6,13-14,16-17H2,1-2H3,(H2,23,25,26);1H. The highest BCUT2D eigenvalue weighted by molar-refractivity contribution is 14.0. The minimum Gasteiger partial charge on any atom is -0.497 e. The average Bonchev–Trinajstić information content (AvgIpc) is 3.04. The van der Waals surface area contributed by atoms with E-state index < -0.39 is 0 Å². The van der Waals surface area contributed by atoms with E-state index in [0.29, 0.717) is 13.1 Å². The number of ether oxygens (including phenoxy) is 1. The van der Waals surface area contributed by atoms with Crippen molar-refractivity contribution in [2.75, 3.05) is 32.1 Å². The molecule has 6 nitrogen and oxygen atoms in total. The van der Waals surface area contributed by atoms with Crippen molar-refractivity contribution in [3.05, 3.63) is 53.7 Å². The zero-order valence-corrected chi connectivity index (χ0v) is 19.7. The summed E-state index contributed by atoms with van der Waals surface area (Å²) in [5, 5.41) is 6.74. The Morgan fingerprint density at radius 2 is 1.66 bits per heavy atom. The van der Waals surface area contributed by atoms with E-state index in [2.05, 4.69) is 49.8 Å². The van der Waals surface area contributed by atoms with Crippen LogP contribution in [0.5, 0.6) is 5.75 Å². The lowest BCUT2D eigenvalue weighted by Gasteiger charge is -2.22. The van der Waals surface area contributed by atoms with E-state index in [1.165, 1.54) is 36.8 Å². The van der Waals surface area contributed by atoms with Gasteiger partial charge < -0.3 is 20.3 Å². The molecule has 0 bridgehead atoms. The van der Waals surface area contributed by atoms with Gasteiger partial charge in [-0.25, -0.2) is 4.98 Å². The number of benzene rings is 1. The Morgan fingerprint density at radius 3 is 2.28 bits per heavy atom. The summed E-state index contributed by atoms with van der Waals surface area (Å²) in [7, 11) is 3.47. The molecule has 0 saturated carbocycles. The fraction of sp³-hybridized carbons (Fsp3) is 0.455. The number of nitrogens with one attached hydrogen (secondary N) is 2. The second kappa shape index (κ2) is 12.5. The fourth-order valence-electron chi connectivity index (χ4n) is 3.38. The molecule has 1 saturated heterocycles. The van der Waals surface area contributed by atoms with Crippen molar-refractivity contribution in [3.63, 3.8) is 0 Å². The third-order valence-electron chi connectivity index (χ3n) is 5.04. The van der Waals surface area contributed by atoms with Crippen LogP contribution in [0, 0.1) is 0 Å². The van der Waals surface area contributed by atoms with Crippen molar-refractivity contribution in [3.8, 4) is 5.75 Å². The lowest BCUT2D eigenvalue weighted by Crippen LogP contribution is -2.36. The van der Waals surface area contributed by atoms with E-state index in [9.17, 15) is 0 Å². The van der Waals surface area contributed by atoms with Gasteiger partial charge in [0, 0.05) is 39.4 Å². The third-order valence-corrected chi connectivity index (χ3v) is 5.04. The molecule has 2 heterocycles. The highest BCUT2D eigenvalue weighted by Crippen LogP contribution is 2.18. The Morgan fingerprint density at radius 1 is 1.00 bits per heavy atom. The van der Waals surface area contributed by atoms with Crippen LogP contribution in [0.4, 0.5) is 5.82 Å². The number of anilines is 1. The number of guanidine groups is 1. The topological polar surface area (TPSA) is 61.8 Å². The summed E-state index contributed by atoms with van der Waals surface area (Å²) in [6.45, 7) is 3.63. The van der Waals surface area contributed by atoms with Crippen molar-refractivity contribution in [2.45, 2.75) is 38.8 Å². The molecule has 0 unspecified atom stereocenters. The zero-order chi connectivity index (χ0) is 19.6. The van der Waals surface area contributed by atoms with E-state index in [0.717, 1.165) is 30.6 Å². The van der Waals surface area contributed by atoms with Gasteiger partial charge in [0.15, 0.2) is 5.96 Å². The van der Waals surface area contributed by atoms with E-state index >= 15 is 0 Å². The van der Waals surface area contributed by atoms with Gasteiger partial charge in [-0.05, 0) is 48.2 Å². The Labute approximate surface area is 191 Å². The minimum atomic E-state index is 0. The summed E-state index contributed by atoms with van der Waals surface area (Å²) in [5.41, 5.74) is 2.39. The maximum absolute atomic E-state index is 5.20. The van der Waals surface area contributed by atoms with E-state index in [-0.39, 0.29) is 24.0 Å². The van der Waals surface area contributed by atoms with Crippen LogP contribution in [0.15, 0.2) is 47.6 Å². The van der Waals surface area contributed by atoms with Crippen molar-refractivity contribution < 1.29 is 4.74 Å². The molecule has 3 rings (SSSR count). The number of hydrogen-bond acceptors (Lipinski definition) is 4. The summed E-state index contributed by atoms with van der Waals surface area (Å²) < 4.78 is 5.20. The largest absolute Gasteiger partial charge is 0.497 e. The molecule has 0 spiro atoms. The molecule has 2 aromatic rings. The first-order chi connectivity index (χ1) is 13.8. The van der Waals surface area contributed by atoms with Gasteiger partial charge in [0.25, 0.3) is 0 Å². The van der Waals surface area contributed by atoms with Crippen LogP contribution in [-0.2, 0) is 13.1 Å². The van der Waals surface area contributed by atoms with Crippen LogP contribution in [0.2, 0.25) is 0 Å². The smallest absolute Gasteiger partial charge is 0.191 e. The number of methoxy groups -OCH3 is 1. The Balaban J connectivity index is 0.00000300. The van der Waals surface area contributed by atoms with Crippen LogP contribution < -0.4 is 20.3 Å². The summed E-state index contributed by atoms with van der Waals surface area (Å²) in [4.78, 5) is 11.3. The van der Waals surface area contributed by atoms with Gasteiger partial charge in [-0.1, -0.05) is 25.0 Å². The number of nitrogens with zero attached hydrogens (tertiary/aromatic N) is 3. The summed E-state index contributed by atoms with van der Waals surface area (Å²) in [5.74, 6) is 2.73. The molecule has 158 valence electrons. The SMILES string of the molecule is CN=C(NCc1ccc(OC)cc1)NCc1ccnc(N2CCCCCC2)c1.I. The van der Waals surface area contributed by atoms with E-state index in [1.54, 1.807) is 14.2 Å². The van der Waals surface area contributed by atoms with Crippen LogP contribution in [0.3, 0.4) is 0 Å². The first-order valence-corrected chi connectivity index (χ1v) is 10.1. The minimum absolute atomic E-state index is 0. The molecular formula is C22H32IN5O. The Bertz CT molecular complexity index is 758. The first-order valence-electron chi connectivity index (χ1n) is 10.1. The summed E-state index contributed by atoms with van der Waals surface area (Å²) >= 11 is 0. The number of hydrogen-bond donors (Lipinski definition) is 2. The molecule has 29 heavy (non-hydrogen) atoms. The molecular weight excluding hydrogens is 477 g/mol. The van der Waals surface area contributed by atoms with Gasteiger partial charge in [-0.2, -0.15) is 0 Å². The number of aliphatic imine (C=N–C) groups is 1. The van der Waals surface area contributed by atoms with Gasteiger partial charge >= 0.3 is 0 Å². The molecule has 0 radical (unpaired) electrons. The van der Waals surface area contributed by atoms with Gasteiger partial charge in [-0.15, -0.1) is 24.0 Å². The molecule has 1 aliphatic rings. The van der Waals surface area contributed by atoms with Crippen molar-refractivity contribution in [1.29, 1.82) is 0 Å². The lowest BCUT2D eigenvalue weighted by molar-refractivity contribution is 0.414. The number of halogens is 1. The van der Waals surface area contributed by atoms with Gasteiger partial charge in [0.2, 0.25) is 0 Å². The molecule has 1 aromatic heterocycles. The lowest BCUT2D eigenvalue weighted by atomic mass is 10.2. The molecule has 7 heteroatoms. The molecule has 0 amide bonds. The molecule has 0 atom stereocenters. The number of pyridine rings is 1. The fourth-order valence-corrected chi connectivity index (χ4v) is 3.38. The second-order valence-electron chi connectivity index (χ2n) is 7.05. The van der Waals surface area contributed by atoms with Crippen LogP contribution >= 0.6 is 24.0 Å². The molecule has 2 N–H and O–H groups in total. The quantitative estimate of drug-likeness (QED) is 0.351. The summed E-state index contributed by atoms with van der Waals surface area (Å²) in [6.07, 6.45) is 7.07. The van der Waals surface area contributed by atoms with Crippen LogP contribution in [0.25, 0.3) is 0 Å². The predicted octanol–water partition coefficient (Wildman–Crippen LogP) is 3.95. The number of rotatable bonds is 6. The normalized spacial score (nSPS) is 14.6. The average molecular weight is 509 g/mol. The van der Waals surface area contributed by atoms with Gasteiger partial charge in [0.1, 0.15) is 11.6 Å². The van der Waals surface area contributed by atoms with E-state index in [1.807, 2.05) is 18.3 Å². The molecule has 0 aliphatic carbocycles. The van der Waals surface area contributed by atoms with Crippen molar-refractivity contribution in [1.82, 2.24) is 15.6 Å². The second-order valence-corrected chi connectivity index (χ2v) is 7.05. The van der Waals surface area contributed by atoms with Crippen LogP contribution in [-0.4, -0.2) is 38.2 Å². The van der Waals surface area contributed by atoms with E-state index in [4.69, 9.17) is 4.74 Å². The van der Waals surface area contributed by atoms with Crippen molar-refractivity contribution >= 4 is 35.8 Å². The first kappa shape index (κ1) is 23.3. The Hall–Kier alpha value is -2.03. The van der Waals surface area contributed by atoms with Gasteiger partial charge in [-0.3, -0.25) is 4.99 Å². The van der Waals surface area contributed by atoms with Crippen molar-refractivity contribution in [2.24, 2.45) is 4.99 Å². The summed E-state index contributed by atoms with van der Waals surface area (Å²) in [6, 6.07) is 12.3. The monoisotopic (exact) mass is 509 g/mol. The highest BCUT2D eigenvalue weighted by atomic mass is 127. The van der Waals surface area contributed by atoms with Crippen LogP contribution in [0.1, 0.15) is 36.8 Å². The van der Waals surface area contributed by atoms with Gasteiger partial charge in [0.05, 0.1) is 7.11 Å². The maximum atomic E-state index is 5.20. The maximum Gasteiger partial charge on any atom is 0.191 e. The highest BCUT2D eigenvalue weighted by Gasteiger charge is 2.11. The molecule has 1 aromatic carbocycles. The molecule has 1 fully saturated rings. The third kappa shape index (κ3) is 7.38.